The van der Waals surface area contributed by atoms with Crippen LogP contribution in [-0.2, 0) is 10.0 Å². The standard InChI is InChI=1S/C14H14N2O3S/c1-13(17,14(10-15)8-9-14)7-6-11-4-2-3-5-12(11)20(16,18)19/h2-5,17H,8-9H2,1H3,(H2,16,18,19)/t13-/m1/s1. The van der Waals surface area contributed by atoms with E-state index in [-0.39, 0.29) is 10.5 Å². The van der Waals surface area contributed by atoms with Crippen molar-refractivity contribution in [2.75, 3.05) is 0 Å². The van der Waals surface area contributed by atoms with Gasteiger partial charge in [0.05, 0.1) is 16.4 Å². The van der Waals surface area contributed by atoms with Crippen molar-refractivity contribution in [2.24, 2.45) is 10.6 Å². The van der Waals surface area contributed by atoms with E-state index < -0.39 is 21.0 Å². The van der Waals surface area contributed by atoms with Crippen molar-refractivity contribution in [3.8, 4) is 17.9 Å². The van der Waals surface area contributed by atoms with Crippen molar-refractivity contribution in [1.29, 1.82) is 5.26 Å². The minimum atomic E-state index is -3.88. The van der Waals surface area contributed by atoms with Crippen molar-refractivity contribution < 1.29 is 13.5 Å². The molecule has 5 nitrogen and oxygen atoms in total. The van der Waals surface area contributed by atoms with Crippen LogP contribution in [0.3, 0.4) is 0 Å². The van der Waals surface area contributed by atoms with Crippen LogP contribution in [0.25, 0.3) is 0 Å². The van der Waals surface area contributed by atoms with E-state index in [4.69, 9.17) is 10.4 Å². The van der Waals surface area contributed by atoms with Crippen LogP contribution in [-0.4, -0.2) is 19.1 Å². The molecule has 0 unspecified atom stereocenters. The molecule has 20 heavy (non-hydrogen) atoms. The molecule has 1 aliphatic carbocycles. The van der Waals surface area contributed by atoms with Gasteiger partial charge in [-0.25, -0.2) is 13.6 Å². The van der Waals surface area contributed by atoms with Crippen LogP contribution in [0, 0.1) is 28.6 Å². The monoisotopic (exact) mass is 290 g/mol. The maximum atomic E-state index is 11.4. The average molecular weight is 290 g/mol. The van der Waals surface area contributed by atoms with Crippen LogP contribution in [0.5, 0.6) is 0 Å². The first-order chi connectivity index (χ1) is 9.22. The molecule has 1 aromatic carbocycles. The molecule has 1 atom stereocenters. The van der Waals surface area contributed by atoms with Gasteiger partial charge in [-0.05, 0) is 31.9 Å². The third kappa shape index (κ3) is 2.54. The Kier molecular flexibility index (Phi) is 3.35. The summed E-state index contributed by atoms with van der Waals surface area (Å²) < 4.78 is 22.9. The number of hydrogen-bond acceptors (Lipinski definition) is 4. The molecule has 0 aliphatic heterocycles. The van der Waals surface area contributed by atoms with Gasteiger partial charge >= 0.3 is 0 Å². The predicted molar refractivity (Wildman–Crippen MR) is 72.6 cm³/mol. The Morgan fingerprint density at radius 1 is 1.40 bits per heavy atom. The van der Waals surface area contributed by atoms with Gasteiger partial charge in [0.25, 0.3) is 0 Å². The Labute approximate surface area is 118 Å². The van der Waals surface area contributed by atoms with E-state index in [1.165, 1.54) is 19.1 Å². The predicted octanol–water partition coefficient (Wildman–Crippen LogP) is 0.740. The molecule has 0 aromatic heterocycles. The van der Waals surface area contributed by atoms with E-state index >= 15 is 0 Å². The maximum Gasteiger partial charge on any atom is 0.239 e. The summed E-state index contributed by atoms with van der Waals surface area (Å²) in [5, 5.41) is 24.5. The van der Waals surface area contributed by atoms with Gasteiger partial charge in [0.1, 0.15) is 5.60 Å². The van der Waals surface area contributed by atoms with Crippen LogP contribution in [0.1, 0.15) is 25.3 Å². The van der Waals surface area contributed by atoms with Gasteiger partial charge in [0, 0.05) is 5.56 Å². The molecule has 0 saturated heterocycles. The molecular weight excluding hydrogens is 276 g/mol. The summed E-state index contributed by atoms with van der Waals surface area (Å²) >= 11 is 0. The highest BCUT2D eigenvalue weighted by Crippen LogP contribution is 2.53. The maximum absolute atomic E-state index is 11.4. The second-order valence-corrected chi connectivity index (χ2v) is 6.59. The van der Waals surface area contributed by atoms with Crippen LogP contribution in [0.15, 0.2) is 29.2 Å². The van der Waals surface area contributed by atoms with E-state index in [2.05, 4.69) is 17.9 Å². The fourth-order valence-electron chi connectivity index (χ4n) is 1.96. The zero-order valence-electron chi connectivity index (χ0n) is 10.9. The van der Waals surface area contributed by atoms with Gasteiger partial charge in [-0.2, -0.15) is 5.26 Å². The summed E-state index contributed by atoms with van der Waals surface area (Å²) in [5.41, 5.74) is -2.12. The first kappa shape index (κ1) is 14.5. The fraction of sp³-hybridized carbons (Fsp3) is 0.357. The lowest BCUT2D eigenvalue weighted by molar-refractivity contribution is 0.0682. The molecule has 1 saturated carbocycles. The van der Waals surface area contributed by atoms with Crippen LogP contribution < -0.4 is 5.14 Å². The molecule has 0 heterocycles. The molecule has 0 bridgehead atoms. The van der Waals surface area contributed by atoms with Gasteiger partial charge in [-0.15, -0.1) is 0 Å². The second-order valence-electron chi connectivity index (χ2n) is 5.06. The lowest BCUT2D eigenvalue weighted by Crippen LogP contribution is -2.33. The number of primary sulfonamides is 1. The number of sulfonamides is 1. The zero-order chi connectivity index (χ0) is 15.0. The number of rotatable bonds is 2. The average Bonchev–Trinajstić information content (AvgIpc) is 3.17. The Morgan fingerprint density at radius 2 is 2.00 bits per heavy atom. The first-order valence-electron chi connectivity index (χ1n) is 6.00. The lowest BCUT2D eigenvalue weighted by Gasteiger charge is -2.21. The van der Waals surface area contributed by atoms with Gasteiger partial charge in [0.2, 0.25) is 10.0 Å². The minimum absolute atomic E-state index is 0.0925. The van der Waals surface area contributed by atoms with Gasteiger partial charge in [-0.1, -0.05) is 24.0 Å². The van der Waals surface area contributed by atoms with Crippen LogP contribution in [0.4, 0.5) is 0 Å². The Hall–Kier alpha value is -1.86. The van der Waals surface area contributed by atoms with E-state index in [9.17, 15) is 13.5 Å². The quantitative estimate of drug-likeness (QED) is 0.784. The van der Waals surface area contributed by atoms with Crippen molar-refractivity contribution in [1.82, 2.24) is 0 Å². The van der Waals surface area contributed by atoms with Crippen molar-refractivity contribution >= 4 is 10.0 Å². The van der Waals surface area contributed by atoms with E-state index in [0.717, 1.165) is 0 Å². The van der Waals surface area contributed by atoms with Gasteiger partial charge < -0.3 is 5.11 Å². The molecule has 2 rings (SSSR count). The Morgan fingerprint density at radius 3 is 2.50 bits per heavy atom. The molecule has 6 heteroatoms. The highest BCUT2D eigenvalue weighted by Gasteiger charge is 2.56. The molecule has 1 aromatic rings. The van der Waals surface area contributed by atoms with E-state index in [1.54, 1.807) is 12.1 Å². The summed E-state index contributed by atoms with van der Waals surface area (Å²) in [7, 11) is -3.88. The SMILES string of the molecule is C[C@@](O)(C#Cc1ccccc1S(N)(=O)=O)C1(C#N)CC1. The number of nitrogens with two attached hydrogens (primary N) is 1. The molecule has 1 aliphatic rings. The Balaban J connectivity index is 2.43. The number of benzene rings is 1. The molecule has 104 valence electrons. The van der Waals surface area contributed by atoms with Gasteiger partial charge in [0.15, 0.2) is 0 Å². The zero-order valence-corrected chi connectivity index (χ0v) is 11.7. The smallest absolute Gasteiger partial charge is 0.239 e. The topological polar surface area (TPSA) is 104 Å². The fourth-order valence-corrected chi connectivity index (χ4v) is 2.65. The molecular formula is C14H14N2O3S. The number of nitrogens with zero attached hydrogens (tertiary/aromatic N) is 1. The normalized spacial score (nSPS) is 19.1. The first-order valence-corrected chi connectivity index (χ1v) is 7.55. The highest BCUT2D eigenvalue weighted by atomic mass is 32.2. The third-order valence-electron chi connectivity index (χ3n) is 3.53. The molecule has 0 amide bonds. The van der Waals surface area contributed by atoms with E-state index in [1.807, 2.05) is 0 Å². The van der Waals surface area contributed by atoms with Crippen LogP contribution >= 0.6 is 0 Å². The number of nitriles is 1. The summed E-state index contributed by atoms with van der Waals surface area (Å²) in [6.07, 6.45) is 1.17. The lowest BCUT2D eigenvalue weighted by atomic mass is 9.87. The van der Waals surface area contributed by atoms with Crippen LogP contribution in [0.2, 0.25) is 0 Å². The summed E-state index contributed by atoms with van der Waals surface area (Å²) in [6.45, 7) is 1.47. The molecule has 1 fully saturated rings. The number of aliphatic hydroxyl groups is 1. The third-order valence-corrected chi connectivity index (χ3v) is 4.50. The largest absolute Gasteiger partial charge is 0.376 e. The van der Waals surface area contributed by atoms with Gasteiger partial charge in [-0.3, -0.25) is 0 Å². The summed E-state index contributed by atoms with van der Waals surface area (Å²) in [4.78, 5) is -0.0925. The van der Waals surface area contributed by atoms with E-state index in [0.29, 0.717) is 12.8 Å². The van der Waals surface area contributed by atoms with Crippen molar-refractivity contribution in [3.05, 3.63) is 29.8 Å². The second kappa shape index (κ2) is 4.60. The molecule has 0 spiro atoms. The Bertz CT molecular complexity index is 745. The summed E-state index contributed by atoms with van der Waals surface area (Å²) in [5.74, 6) is 5.23. The molecule has 0 radical (unpaired) electrons. The van der Waals surface area contributed by atoms with Crippen molar-refractivity contribution in [2.45, 2.75) is 30.3 Å². The number of hydrogen-bond donors (Lipinski definition) is 2. The summed E-state index contributed by atoms with van der Waals surface area (Å²) in [6, 6.07) is 8.11. The molecule has 3 N–H and O–H groups in total. The minimum Gasteiger partial charge on any atom is -0.376 e. The van der Waals surface area contributed by atoms with Crippen molar-refractivity contribution in [3.63, 3.8) is 0 Å². The highest BCUT2D eigenvalue weighted by molar-refractivity contribution is 7.89.